The molecule has 0 spiro atoms. The zero-order valence-electron chi connectivity index (χ0n) is 17.2. The fraction of sp³-hybridized carbons (Fsp3) is 0.348. The summed E-state index contributed by atoms with van der Waals surface area (Å²) in [7, 11) is 0. The van der Waals surface area contributed by atoms with Crippen LogP contribution in [0.15, 0.2) is 42.5 Å². The smallest absolute Gasteiger partial charge is 0.338 e. The lowest BCUT2D eigenvalue weighted by Gasteiger charge is -2.19. The van der Waals surface area contributed by atoms with Crippen molar-refractivity contribution in [3.05, 3.63) is 59.2 Å². The Kier molecular flexibility index (Phi) is 6.01. The van der Waals surface area contributed by atoms with Crippen LogP contribution in [0.2, 0.25) is 0 Å². The zero-order chi connectivity index (χ0) is 21.1. The molecule has 1 fully saturated rings. The van der Waals surface area contributed by atoms with Gasteiger partial charge in [-0.1, -0.05) is 12.1 Å². The number of amides is 2. The first kappa shape index (κ1) is 20.6. The second-order valence-electron chi connectivity index (χ2n) is 7.72. The molecule has 0 aromatic heterocycles. The summed E-state index contributed by atoms with van der Waals surface area (Å²) in [5.41, 5.74) is 3.94. The van der Waals surface area contributed by atoms with Crippen molar-refractivity contribution in [1.82, 2.24) is 0 Å². The molecule has 3 rings (SSSR count). The van der Waals surface area contributed by atoms with Crippen molar-refractivity contribution in [3.63, 3.8) is 0 Å². The van der Waals surface area contributed by atoms with Crippen LogP contribution in [0, 0.1) is 19.8 Å². The Balaban J connectivity index is 1.65. The van der Waals surface area contributed by atoms with Crippen LogP contribution in [0.25, 0.3) is 0 Å². The molecule has 29 heavy (non-hydrogen) atoms. The van der Waals surface area contributed by atoms with Gasteiger partial charge in [0.15, 0.2) is 0 Å². The summed E-state index contributed by atoms with van der Waals surface area (Å²) in [5, 5.41) is 2.84. The van der Waals surface area contributed by atoms with Crippen molar-refractivity contribution in [2.75, 3.05) is 16.8 Å². The van der Waals surface area contributed by atoms with Crippen molar-refractivity contribution < 1.29 is 19.1 Å². The number of anilines is 2. The maximum atomic E-state index is 12.7. The SMILES string of the molecule is Cc1ccc(C)c(N2C[C@H](C(=O)Nc3ccc(C(=O)OC(C)C)cc3)CC2=O)c1. The number of nitrogens with zero attached hydrogens (tertiary/aromatic N) is 1. The highest BCUT2D eigenvalue weighted by Crippen LogP contribution is 2.29. The molecule has 2 aromatic carbocycles. The van der Waals surface area contributed by atoms with Crippen LogP contribution in [0.3, 0.4) is 0 Å². The minimum Gasteiger partial charge on any atom is -0.459 e. The molecule has 0 aliphatic carbocycles. The van der Waals surface area contributed by atoms with Gasteiger partial charge in [0.2, 0.25) is 11.8 Å². The van der Waals surface area contributed by atoms with Crippen molar-refractivity contribution in [1.29, 1.82) is 0 Å². The number of ether oxygens (including phenoxy) is 1. The molecule has 0 saturated carbocycles. The Morgan fingerprint density at radius 1 is 1.10 bits per heavy atom. The molecule has 0 radical (unpaired) electrons. The van der Waals surface area contributed by atoms with Gasteiger partial charge in [-0.3, -0.25) is 9.59 Å². The van der Waals surface area contributed by atoms with Gasteiger partial charge >= 0.3 is 5.97 Å². The van der Waals surface area contributed by atoms with E-state index in [1.165, 1.54) is 0 Å². The Bertz CT molecular complexity index is 934. The van der Waals surface area contributed by atoms with Crippen LogP contribution >= 0.6 is 0 Å². The van der Waals surface area contributed by atoms with Gasteiger partial charge in [-0.05, 0) is 69.2 Å². The van der Waals surface area contributed by atoms with E-state index in [-0.39, 0.29) is 24.3 Å². The van der Waals surface area contributed by atoms with Crippen molar-refractivity contribution >= 4 is 29.2 Å². The van der Waals surface area contributed by atoms with E-state index in [4.69, 9.17) is 4.74 Å². The van der Waals surface area contributed by atoms with Crippen LogP contribution < -0.4 is 10.2 Å². The van der Waals surface area contributed by atoms with E-state index in [1.54, 1.807) is 43.0 Å². The minimum absolute atomic E-state index is 0.0503. The maximum absolute atomic E-state index is 12.7. The molecular formula is C23H26N2O4. The molecule has 1 heterocycles. The van der Waals surface area contributed by atoms with Crippen molar-refractivity contribution in [2.45, 2.75) is 40.2 Å². The summed E-state index contributed by atoms with van der Waals surface area (Å²) in [4.78, 5) is 38.8. The molecule has 2 aromatic rings. The van der Waals surface area contributed by atoms with Crippen molar-refractivity contribution in [2.24, 2.45) is 5.92 Å². The first-order valence-corrected chi connectivity index (χ1v) is 9.74. The monoisotopic (exact) mass is 394 g/mol. The molecule has 1 N–H and O–H groups in total. The third-order valence-corrected chi connectivity index (χ3v) is 4.88. The van der Waals surface area contributed by atoms with Gasteiger partial charge in [0.25, 0.3) is 0 Å². The Hall–Kier alpha value is -3.15. The van der Waals surface area contributed by atoms with Crippen LogP contribution in [0.1, 0.15) is 41.8 Å². The molecule has 1 saturated heterocycles. The predicted molar refractivity (Wildman–Crippen MR) is 112 cm³/mol. The van der Waals surface area contributed by atoms with Crippen molar-refractivity contribution in [3.8, 4) is 0 Å². The van der Waals surface area contributed by atoms with Crippen LogP contribution in [-0.2, 0) is 14.3 Å². The van der Waals surface area contributed by atoms with E-state index in [9.17, 15) is 14.4 Å². The van der Waals surface area contributed by atoms with Gasteiger partial charge in [-0.2, -0.15) is 0 Å². The summed E-state index contributed by atoms with van der Waals surface area (Å²) in [6.07, 6.45) is -0.0142. The topological polar surface area (TPSA) is 75.7 Å². The number of hydrogen-bond acceptors (Lipinski definition) is 4. The molecule has 152 valence electrons. The molecular weight excluding hydrogens is 368 g/mol. The number of esters is 1. The number of carbonyl (C=O) groups is 3. The lowest BCUT2D eigenvalue weighted by Crippen LogP contribution is -2.28. The van der Waals surface area contributed by atoms with Gasteiger partial charge in [-0.25, -0.2) is 4.79 Å². The second kappa shape index (κ2) is 8.47. The molecule has 0 bridgehead atoms. The summed E-state index contributed by atoms with van der Waals surface area (Å²) >= 11 is 0. The lowest BCUT2D eigenvalue weighted by atomic mass is 10.1. The molecule has 1 aliphatic rings. The first-order valence-electron chi connectivity index (χ1n) is 9.74. The molecule has 1 aliphatic heterocycles. The maximum Gasteiger partial charge on any atom is 0.338 e. The van der Waals surface area contributed by atoms with E-state index < -0.39 is 11.9 Å². The van der Waals surface area contributed by atoms with E-state index in [1.807, 2.05) is 32.0 Å². The number of aryl methyl sites for hydroxylation is 2. The Morgan fingerprint density at radius 2 is 1.79 bits per heavy atom. The third kappa shape index (κ3) is 4.83. The number of benzene rings is 2. The molecule has 6 nitrogen and oxygen atoms in total. The quantitative estimate of drug-likeness (QED) is 0.782. The number of nitrogens with one attached hydrogen (secondary N) is 1. The average Bonchev–Trinajstić information content (AvgIpc) is 3.05. The number of carbonyl (C=O) groups excluding carboxylic acids is 3. The largest absolute Gasteiger partial charge is 0.459 e. The number of rotatable bonds is 5. The fourth-order valence-electron chi connectivity index (χ4n) is 3.34. The highest BCUT2D eigenvalue weighted by atomic mass is 16.5. The van der Waals surface area contributed by atoms with Crippen LogP contribution in [0.4, 0.5) is 11.4 Å². The Labute approximate surface area is 170 Å². The molecule has 6 heteroatoms. The van der Waals surface area contributed by atoms with Gasteiger partial charge in [-0.15, -0.1) is 0 Å². The molecule has 2 amide bonds. The van der Waals surface area contributed by atoms with E-state index in [0.717, 1.165) is 16.8 Å². The summed E-state index contributed by atoms with van der Waals surface area (Å²) in [5.74, 6) is -1.08. The van der Waals surface area contributed by atoms with Gasteiger partial charge in [0.1, 0.15) is 0 Å². The summed E-state index contributed by atoms with van der Waals surface area (Å²) in [6, 6.07) is 12.5. The normalized spacial score (nSPS) is 16.2. The Morgan fingerprint density at radius 3 is 2.45 bits per heavy atom. The average molecular weight is 394 g/mol. The summed E-state index contributed by atoms with van der Waals surface area (Å²) < 4.78 is 5.15. The van der Waals surface area contributed by atoms with E-state index in [0.29, 0.717) is 17.8 Å². The first-order chi connectivity index (χ1) is 13.7. The van der Waals surface area contributed by atoms with E-state index in [2.05, 4.69) is 5.32 Å². The standard InChI is InChI=1S/C23H26N2O4/c1-14(2)29-23(28)17-7-9-19(10-8-17)24-22(27)18-12-21(26)25(13-18)20-11-15(3)5-6-16(20)4/h5-11,14,18H,12-13H2,1-4H3,(H,24,27)/t18-/m1/s1. The lowest BCUT2D eigenvalue weighted by molar-refractivity contribution is -0.122. The zero-order valence-corrected chi connectivity index (χ0v) is 17.2. The highest BCUT2D eigenvalue weighted by molar-refractivity contribution is 6.04. The third-order valence-electron chi connectivity index (χ3n) is 4.88. The van der Waals surface area contributed by atoms with Crippen LogP contribution in [-0.4, -0.2) is 30.4 Å². The fourth-order valence-corrected chi connectivity index (χ4v) is 3.34. The highest BCUT2D eigenvalue weighted by Gasteiger charge is 2.35. The predicted octanol–water partition coefficient (Wildman–Crippen LogP) is 3.86. The van der Waals surface area contributed by atoms with Crippen LogP contribution in [0.5, 0.6) is 0 Å². The molecule has 1 atom stereocenters. The van der Waals surface area contributed by atoms with E-state index >= 15 is 0 Å². The summed E-state index contributed by atoms with van der Waals surface area (Å²) in [6.45, 7) is 7.87. The number of hydrogen-bond donors (Lipinski definition) is 1. The minimum atomic E-state index is -0.423. The van der Waals surface area contributed by atoms with Gasteiger partial charge < -0.3 is 15.0 Å². The van der Waals surface area contributed by atoms with Gasteiger partial charge in [0, 0.05) is 24.3 Å². The van der Waals surface area contributed by atoms with Gasteiger partial charge in [0.05, 0.1) is 17.6 Å². The second-order valence-corrected chi connectivity index (χ2v) is 7.72. The molecule has 0 unspecified atom stereocenters.